The Morgan fingerprint density at radius 3 is 1.83 bits per heavy atom. The standard InChI is InChI=1S/C18H32/c1-3-5-6-16-9-13-18(14-10-16)17-11-7-15(4-2)8-12-17/h5-6,15-18H,3-4,7-14H2,1-2H3/b6-5-. The summed E-state index contributed by atoms with van der Waals surface area (Å²) < 4.78 is 0. The van der Waals surface area contributed by atoms with Gasteiger partial charge in [-0.2, -0.15) is 0 Å². The van der Waals surface area contributed by atoms with Gasteiger partial charge >= 0.3 is 0 Å². The smallest absolute Gasteiger partial charge is 0.0233 e. The molecule has 2 aliphatic carbocycles. The van der Waals surface area contributed by atoms with Crippen molar-refractivity contribution >= 4 is 0 Å². The second-order valence-corrected chi connectivity index (χ2v) is 6.70. The zero-order valence-corrected chi connectivity index (χ0v) is 12.5. The molecule has 2 aliphatic rings. The van der Waals surface area contributed by atoms with Gasteiger partial charge in [0, 0.05) is 0 Å². The fraction of sp³-hybridized carbons (Fsp3) is 0.889. The van der Waals surface area contributed by atoms with Crippen LogP contribution in [0.4, 0.5) is 0 Å². The number of hydrogen-bond donors (Lipinski definition) is 0. The van der Waals surface area contributed by atoms with Gasteiger partial charge in [-0.05, 0) is 68.6 Å². The molecule has 0 aromatic heterocycles. The van der Waals surface area contributed by atoms with Crippen LogP contribution in [-0.4, -0.2) is 0 Å². The van der Waals surface area contributed by atoms with E-state index in [-0.39, 0.29) is 0 Å². The van der Waals surface area contributed by atoms with Crippen LogP contribution < -0.4 is 0 Å². The first-order valence-electron chi connectivity index (χ1n) is 8.50. The summed E-state index contributed by atoms with van der Waals surface area (Å²) in [5.74, 6) is 4.14. The lowest BCUT2D eigenvalue weighted by Crippen LogP contribution is -2.25. The maximum atomic E-state index is 2.49. The van der Waals surface area contributed by atoms with Crippen molar-refractivity contribution in [1.29, 1.82) is 0 Å². The summed E-state index contributed by atoms with van der Waals surface area (Å²) in [7, 11) is 0. The molecule has 0 saturated heterocycles. The van der Waals surface area contributed by atoms with E-state index in [4.69, 9.17) is 0 Å². The van der Waals surface area contributed by atoms with E-state index >= 15 is 0 Å². The van der Waals surface area contributed by atoms with Crippen molar-refractivity contribution in [2.24, 2.45) is 23.7 Å². The molecule has 0 spiro atoms. The van der Waals surface area contributed by atoms with Gasteiger partial charge in [-0.15, -0.1) is 0 Å². The highest BCUT2D eigenvalue weighted by molar-refractivity contribution is 4.91. The minimum atomic E-state index is 0.910. The monoisotopic (exact) mass is 248 g/mol. The van der Waals surface area contributed by atoms with E-state index in [0.29, 0.717) is 0 Å². The van der Waals surface area contributed by atoms with E-state index in [2.05, 4.69) is 26.0 Å². The number of rotatable bonds is 4. The molecule has 0 unspecified atom stereocenters. The van der Waals surface area contributed by atoms with E-state index in [9.17, 15) is 0 Å². The van der Waals surface area contributed by atoms with E-state index in [0.717, 1.165) is 23.7 Å². The summed E-state index contributed by atoms with van der Waals surface area (Å²) in [5.41, 5.74) is 0. The lowest BCUT2D eigenvalue weighted by atomic mass is 9.69. The SMILES string of the molecule is CC/C=C\C1CCC(C2CCC(CC)CC2)CC1. The fourth-order valence-electron chi connectivity index (χ4n) is 4.21. The van der Waals surface area contributed by atoms with Crippen molar-refractivity contribution in [1.82, 2.24) is 0 Å². The molecule has 0 aromatic rings. The zero-order valence-electron chi connectivity index (χ0n) is 12.5. The predicted octanol–water partition coefficient (Wildman–Crippen LogP) is 5.98. The molecule has 0 aromatic carbocycles. The molecule has 0 N–H and O–H groups in total. The van der Waals surface area contributed by atoms with Gasteiger partial charge in [0.05, 0.1) is 0 Å². The molecule has 0 heterocycles. The molecule has 2 rings (SSSR count). The van der Waals surface area contributed by atoms with Crippen molar-refractivity contribution in [2.45, 2.75) is 78.1 Å². The third kappa shape index (κ3) is 3.87. The van der Waals surface area contributed by atoms with Crippen LogP contribution >= 0.6 is 0 Å². The van der Waals surface area contributed by atoms with Gasteiger partial charge in [-0.25, -0.2) is 0 Å². The Bertz CT molecular complexity index is 237. The van der Waals surface area contributed by atoms with Crippen molar-refractivity contribution in [3.63, 3.8) is 0 Å². The first-order valence-corrected chi connectivity index (χ1v) is 8.50. The molecule has 0 heteroatoms. The quantitative estimate of drug-likeness (QED) is 0.537. The second-order valence-electron chi connectivity index (χ2n) is 6.70. The van der Waals surface area contributed by atoms with Gasteiger partial charge in [0.15, 0.2) is 0 Å². The van der Waals surface area contributed by atoms with Crippen LogP contribution in [0.3, 0.4) is 0 Å². The maximum Gasteiger partial charge on any atom is -0.0233 e. The molecular formula is C18H32. The van der Waals surface area contributed by atoms with Crippen molar-refractivity contribution in [3.8, 4) is 0 Å². The van der Waals surface area contributed by atoms with E-state index in [1.54, 1.807) is 12.8 Å². The molecule has 0 aliphatic heterocycles. The van der Waals surface area contributed by atoms with Crippen molar-refractivity contribution < 1.29 is 0 Å². The van der Waals surface area contributed by atoms with Crippen LogP contribution in [0.5, 0.6) is 0 Å². The summed E-state index contributed by atoms with van der Waals surface area (Å²) >= 11 is 0. The minimum Gasteiger partial charge on any atom is -0.0885 e. The summed E-state index contributed by atoms with van der Waals surface area (Å²) in [6.45, 7) is 4.62. The number of hydrogen-bond acceptors (Lipinski definition) is 0. The molecule has 104 valence electrons. The summed E-state index contributed by atoms with van der Waals surface area (Å²) in [5, 5.41) is 0. The van der Waals surface area contributed by atoms with Crippen LogP contribution in [0.2, 0.25) is 0 Å². The summed E-state index contributed by atoms with van der Waals surface area (Å²) in [6.07, 6.45) is 19.6. The van der Waals surface area contributed by atoms with E-state index < -0.39 is 0 Å². The molecular weight excluding hydrogens is 216 g/mol. The lowest BCUT2D eigenvalue weighted by Gasteiger charge is -2.37. The molecule has 0 amide bonds. The average Bonchev–Trinajstić information content (AvgIpc) is 2.46. The Labute approximate surface area is 114 Å². The average molecular weight is 248 g/mol. The third-order valence-corrected chi connectivity index (χ3v) is 5.60. The Morgan fingerprint density at radius 2 is 1.33 bits per heavy atom. The Kier molecular flexibility index (Phi) is 5.79. The maximum absolute atomic E-state index is 2.49. The minimum absolute atomic E-state index is 0.910. The highest BCUT2D eigenvalue weighted by atomic mass is 14.3. The van der Waals surface area contributed by atoms with Crippen LogP contribution in [0.1, 0.15) is 78.1 Å². The Morgan fingerprint density at radius 1 is 0.778 bits per heavy atom. The topological polar surface area (TPSA) is 0 Å². The van der Waals surface area contributed by atoms with Crippen LogP contribution in [0, 0.1) is 23.7 Å². The van der Waals surface area contributed by atoms with Crippen molar-refractivity contribution in [2.75, 3.05) is 0 Å². The van der Waals surface area contributed by atoms with Gasteiger partial charge in [0.25, 0.3) is 0 Å². The van der Waals surface area contributed by atoms with Gasteiger partial charge in [-0.1, -0.05) is 45.3 Å². The van der Waals surface area contributed by atoms with E-state index in [1.807, 2.05) is 0 Å². The Balaban J connectivity index is 1.71. The second kappa shape index (κ2) is 7.36. The van der Waals surface area contributed by atoms with Gasteiger partial charge in [-0.3, -0.25) is 0 Å². The van der Waals surface area contributed by atoms with Crippen LogP contribution in [0.15, 0.2) is 12.2 Å². The van der Waals surface area contributed by atoms with Gasteiger partial charge in [0.2, 0.25) is 0 Å². The third-order valence-electron chi connectivity index (χ3n) is 5.60. The molecule has 0 radical (unpaired) electrons. The largest absolute Gasteiger partial charge is 0.0885 e. The zero-order chi connectivity index (χ0) is 12.8. The van der Waals surface area contributed by atoms with Crippen molar-refractivity contribution in [3.05, 3.63) is 12.2 Å². The molecule has 0 atom stereocenters. The molecule has 0 bridgehead atoms. The first kappa shape index (κ1) is 14.2. The highest BCUT2D eigenvalue weighted by Gasteiger charge is 2.29. The van der Waals surface area contributed by atoms with Crippen LogP contribution in [0.25, 0.3) is 0 Å². The Hall–Kier alpha value is -0.260. The van der Waals surface area contributed by atoms with Gasteiger partial charge in [0.1, 0.15) is 0 Å². The molecule has 0 nitrogen and oxygen atoms in total. The summed E-state index contributed by atoms with van der Waals surface area (Å²) in [4.78, 5) is 0. The van der Waals surface area contributed by atoms with Gasteiger partial charge < -0.3 is 0 Å². The molecule has 2 fully saturated rings. The highest BCUT2D eigenvalue weighted by Crippen LogP contribution is 2.42. The van der Waals surface area contributed by atoms with Crippen LogP contribution in [-0.2, 0) is 0 Å². The fourth-order valence-corrected chi connectivity index (χ4v) is 4.21. The molecule has 2 saturated carbocycles. The first-order chi connectivity index (χ1) is 8.83. The molecule has 18 heavy (non-hydrogen) atoms. The summed E-state index contributed by atoms with van der Waals surface area (Å²) in [6, 6.07) is 0. The predicted molar refractivity (Wildman–Crippen MR) is 80.6 cm³/mol. The normalized spacial score (nSPS) is 38.1. The lowest BCUT2D eigenvalue weighted by molar-refractivity contribution is 0.154. The van der Waals surface area contributed by atoms with E-state index in [1.165, 1.54) is 51.4 Å². The number of allylic oxidation sites excluding steroid dienone is 2.